The van der Waals surface area contributed by atoms with Gasteiger partial charge in [-0.05, 0) is 25.5 Å². The molecule has 0 spiro atoms. The van der Waals surface area contributed by atoms with Gasteiger partial charge in [0.2, 0.25) is 5.91 Å². The lowest BCUT2D eigenvalue weighted by atomic mass is 10.3. The first-order valence-electron chi connectivity index (χ1n) is 8.09. The Balaban J connectivity index is 2.06. The molecule has 0 fully saturated rings. The molecule has 2 rings (SSSR count). The molecule has 1 aromatic carbocycles. The molecule has 0 saturated heterocycles. The van der Waals surface area contributed by atoms with E-state index in [1.54, 1.807) is 13.0 Å². The van der Waals surface area contributed by atoms with Gasteiger partial charge in [-0.15, -0.1) is 5.10 Å². The maximum absolute atomic E-state index is 12.4. The first kappa shape index (κ1) is 20.0. The molecule has 1 atom stereocenters. The third kappa shape index (κ3) is 5.32. The van der Waals surface area contributed by atoms with E-state index in [1.165, 1.54) is 22.8 Å². The fourth-order valence-electron chi connectivity index (χ4n) is 2.12. The number of H-pyrrole nitrogens is 1. The monoisotopic (exact) mass is 386 g/mol. The van der Waals surface area contributed by atoms with Crippen LogP contribution in [0.15, 0.2) is 34.2 Å². The van der Waals surface area contributed by atoms with Crippen molar-refractivity contribution in [3.63, 3.8) is 0 Å². The minimum absolute atomic E-state index is 0.118. The maximum Gasteiger partial charge on any atom is 0.387 e. The number of amides is 1. The minimum Gasteiger partial charge on any atom is -0.433 e. The fourth-order valence-corrected chi connectivity index (χ4v) is 3.00. The van der Waals surface area contributed by atoms with Crippen molar-refractivity contribution in [2.24, 2.45) is 0 Å². The number of rotatable bonds is 9. The topological polar surface area (TPSA) is 89.0 Å². The third-order valence-corrected chi connectivity index (χ3v) is 4.56. The van der Waals surface area contributed by atoms with E-state index in [-0.39, 0.29) is 17.1 Å². The zero-order chi connectivity index (χ0) is 19.1. The van der Waals surface area contributed by atoms with Gasteiger partial charge in [0.1, 0.15) is 5.75 Å². The lowest BCUT2D eigenvalue weighted by Gasteiger charge is -2.14. The van der Waals surface area contributed by atoms with Crippen LogP contribution in [0.2, 0.25) is 0 Å². The van der Waals surface area contributed by atoms with E-state index in [0.717, 1.165) is 24.6 Å². The summed E-state index contributed by atoms with van der Waals surface area (Å²) in [5, 5.41) is 8.67. The molecule has 1 amide bonds. The van der Waals surface area contributed by atoms with Crippen LogP contribution >= 0.6 is 11.8 Å². The van der Waals surface area contributed by atoms with Crippen LogP contribution in [-0.2, 0) is 11.3 Å². The number of ether oxygens (including phenoxy) is 1. The quantitative estimate of drug-likeness (QED) is 0.647. The molecule has 142 valence electrons. The Morgan fingerprint density at radius 1 is 1.42 bits per heavy atom. The highest BCUT2D eigenvalue weighted by atomic mass is 32.2. The van der Waals surface area contributed by atoms with Gasteiger partial charge in [0.05, 0.1) is 10.9 Å². The van der Waals surface area contributed by atoms with Gasteiger partial charge in [-0.3, -0.25) is 9.36 Å². The Hall–Kier alpha value is -2.36. The zero-order valence-corrected chi connectivity index (χ0v) is 15.2. The van der Waals surface area contributed by atoms with Crippen LogP contribution < -0.4 is 15.7 Å². The van der Waals surface area contributed by atoms with Crippen LogP contribution in [0.5, 0.6) is 5.75 Å². The van der Waals surface area contributed by atoms with Gasteiger partial charge in [0, 0.05) is 6.54 Å². The number of nitrogens with zero attached hydrogens (tertiary/aromatic N) is 2. The van der Waals surface area contributed by atoms with Gasteiger partial charge in [-0.25, -0.2) is 9.89 Å². The van der Waals surface area contributed by atoms with Crippen molar-refractivity contribution in [3.05, 3.63) is 34.7 Å². The lowest BCUT2D eigenvalue weighted by Crippen LogP contribution is -2.24. The van der Waals surface area contributed by atoms with Gasteiger partial charge >= 0.3 is 12.3 Å². The van der Waals surface area contributed by atoms with Crippen molar-refractivity contribution < 1.29 is 18.3 Å². The lowest BCUT2D eigenvalue weighted by molar-refractivity contribution is -0.115. The van der Waals surface area contributed by atoms with Crippen molar-refractivity contribution in [2.45, 2.75) is 50.3 Å². The summed E-state index contributed by atoms with van der Waals surface area (Å²) in [4.78, 5) is 24.2. The molecule has 0 bridgehead atoms. The number of aromatic amines is 1. The Morgan fingerprint density at radius 3 is 2.85 bits per heavy atom. The molecule has 1 aromatic heterocycles. The van der Waals surface area contributed by atoms with Crippen LogP contribution in [0, 0.1) is 0 Å². The van der Waals surface area contributed by atoms with E-state index < -0.39 is 17.8 Å². The first-order chi connectivity index (χ1) is 12.4. The summed E-state index contributed by atoms with van der Waals surface area (Å²) in [6, 6.07) is 5.94. The number of aromatic nitrogens is 3. The molecular formula is C16H20F2N4O3S. The number of anilines is 1. The SMILES string of the molecule is CCCCn1c(S[C@H](C)C(=O)Nc2ccccc2OC(F)F)n[nH]c1=O. The number of carbonyl (C=O) groups excluding carboxylic acids is 1. The number of thioether (sulfide) groups is 1. The number of alkyl halides is 2. The molecular weight excluding hydrogens is 366 g/mol. The number of nitrogens with one attached hydrogen (secondary N) is 2. The van der Waals surface area contributed by atoms with E-state index in [0.29, 0.717) is 11.7 Å². The summed E-state index contributed by atoms with van der Waals surface area (Å²) in [5.74, 6) is -0.537. The third-order valence-electron chi connectivity index (χ3n) is 3.47. The molecule has 0 radical (unpaired) electrons. The van der Waals surface area contributed by atoms with Crippen molar-refractivity contribution >= 4 is 23.4 Å². The van der Waals surface area contributed by atoms with Gasteiger partial charge in [0.15, 0.2) is 5.16 Å². The van der Waals surface area contributed by atoms with E-state index in [9.17, 15) is 18.4 Å². The Bertz CT molecular complexity index is 794. The minimum atomic E-state index is -2.99. The summed E-state index contributed by atoms with van der Waals surface area (Å²) in [5.41, 5.74) is -0.181. The number of benzene rings is 1. The van der Waals surface area contributed by atoms with E-state index >= 15 is 0 Å². The van der Waals surface area contributed by atoms with Crippen molar-refractivity contribution in [1.29, 1.82) is 0 Å². The number of carbonyl (C=O) groups is 1. The standard InChI is InChI=1S/C16H20F2N4O3S/c1-3-4-9-22-15(24)20-21-16(22)26-10(2)13(23)19-11-7-5-6-8-12(11)25-14(17)18/h5-8,10,14H,3-4,9H2,1-2H3,(H,19,23)(H,20,24)/t10-/m1/s1. The predicted octanol–water partition coefficient (Wildman–Crippen LogP) is 3.09. The van der Waals surface area contributed by atoms with Crippen LogP contribution in [0.25, 0.3) is 0 Å². The highest BCUT2D eigenvalue weighted by Crippen LogP contribution is 2.27. The Kier molecular flexibility index (Phi) is 7.19. The zero-order valence-electron chi connectivity index (χ0n) is 14.4. The molecule has 0 aliphatic carbocycles. The molecule has 0 unspecified atom stereocenters. The van der Waals surface area contributed by atoms with Gasteiger partial charge in [0.25, 0.3) is 0 Å². The van der Waals surface area contributed by atoms with Crippen LogP contribution in [0.1, 0.15) is 26.7 Å². The summed E-state index contributed by atoms with van der Waals surface area (Å²) < 4.78 is 30.8. The molecule has 0 aliphatic rings. The smallest absolute Gasteiger partial charge is 0.387 e. The van der Waals surface area contributed by atoms with Gasteiger partial charge in [-0.1, -0.05) is 37.2 Å². The molecule has 10 heteroatoms. The second-order valence-electron chi connectivity index (χ2n) is 5.44. The maximum atomic E-state index is 12.4. The summed E-state index contributed by atoms with van der Waals surface area (Å²) in [6.45, 7) is 1.16. The molecule has 2 aromatic rings. The fraction of sp³-hybridized carbons (Fsp3) is 0.438. The number of hydrogen-bond donors (Lipinski definition) is 2. The molecule has 2 N–H and O–H groups in total. The van der Waals surface area contributed by atoms with Crippen LogP contribution in [0.3, 0.4) is 0 Å². The Labute approximate surface area is 153 Å². The molecule has 7 nitrogen and oxygen atoms in total. The number of unbranched alkanes of at least 4 members (excludes halogenated alkanes) is 1. The van der Waals surface area contributed by atoms with Crippen LogP contribution in [0.4, 0.5) is 14.5 Å². The average molecular weight is 386 g/mol. The van der Waals surface area contributed by atoms with E-state index in [4.69, 9.17) is 0 Å². The second kappa shape index (κ2) is 9.37. The molecule has 0 saturated carbocycles. The molecule has 26 heavy (non-hydrogen) atoms. The average Bonchev–Trinajstić information content (AvgIpc) is 2.94. The van der Waals surface area contributed by atoms with Crippen molar-refractivity contribution in [2.75, 3.05) is 5.32 Å². The van der Waals surface area contributed by atoms with Crippen LogP contribution in [-0.4, -0.2) is 32.5 Å². The Morgan fingerprint density at radius 2 is 2.15 bits per heavy atom. The number of hydrogen-bond acceptors (Lipinski definition) is 5. The highest BCUT2D eigenvalue weighted by Gasteiger charge is 2.20. The van der Waals surface area contributed by atoms with Gasteiger partial charge in [-0.2, -0.15) is 8.78 Å². The first-order valence-corrected chi connectivity index (χ1v) is 8.97. The number of halogens is 2. The highest BCUT2D eigenvalue weighted by molar-refractivity contribution is 8.00. The molecule has 1 heterocycles. The van der Waals surface area contributed by atoms with Gasteiger partial charge < -0.3 is 10.1 Å². The second-order valence-corrected chi connectivity index (χ2v) is 6.75. The van der Waals surface area contributed by atoms with E-state index in [1.807, 2.05) is 6.92 Å². The predicted molar refractivity (Wildman–Crippen MR) is 94.8 cm³/mol. The summed E-state index contributed by atoms with van der Waals surface area (Å²) >= 11 is 1.11. The largest absolute Gasteiger partial charge is 0.433 e. The summed E-state index contributed by atoms with van der Waals surface area (Å²) in [7, 11) is 0. The molecule has 0 aliphatic heterocycles. The van der Waals surface area contributed by atoms with E-state index in [2.05, 4.69) is 20.3 Å². The number of para-hydroxylation sites is 2. The summed E-state index contributed by atoms with van der Waals surface area (Å²) in [6.07, 6.45) is 1.73. The normalized spacial score (nSPS) is 12.2. The van der Waals surface area contributed by atoms with Crippen molar-refractivity contribution in [3.8, 4) is 5.75 Å². The van der Waals surface area contributed by atoms with Crippen molar-refractivity contribution in [1.82, 2.24) is 14.8 Å².